The Balaban J connectivity index is 1.18. The van der Waals surface area contributed by atoms with Gasteiger partial charge >= 0.3 is 0 Å². The van der Waals surface area contributed by atoms with Gasteiger partial charge in [0.15, 0.2) is 0 Å². The normalized spacial score (nSPS) is 24.8. The Bertz CT molecular complexity index is 1770. The summed E-state index contributed by atoms with van der Waals surface area (Å²) in [7, 11) is 0. The quantitative estimate of drug-likeness (QED) is 0.216. The highest BCUT2D eigenvalue weighted by molar-refractivity contribution is 7.10. The molecule has 4 nitrogen and oxygen atoms in total. The molecule has 4 aromatic carbocycles. The van der Waals surface area contributed by atoms with Gasteiger partial charge in [-0.2, -0.15) is 0 Å². The summed E-state index contributed by atoms with van der Waals surface area (Å²) in [6, 6.07) is 32.6. The number of rotatable bonds is 6. The summed E-state index contributed by atoms with van der Waals surface area (Å²) in [5, 5.41) is 5.41. The molecule has 1 fully saturated rings. The zero-order valence-corrected chi connectivity index (χ0v) is 24.7. The number of thiazole rings is 1. The number of Topliss-reactive ketones (excluding diaryl/α,β-unsaturated/α-hetero) is 1. The van der Waals surface area contributed by atoms with Crippen LogP contribution in [0.4, 0.5) is 0 Å². The molecular weight excluding hydrogens is 536 g/mol. The van der Waals surface area contributed by atoms with E-state index in [1.165, 1.54) is 33.0 Å². The molecule has 0 spiro atoms. The molecule has 1 aliphatic heterocycles. The fourth-order valence-corrected chi connectivity index (χ4v) is 9.01. The third-order valence-corrected chi connectivity index (χ3v) is 10.9. The number of carbonyl (C=O) groups is 1. The number of nitrogens with zero attached hydrogens (tertiary/aromatic N) is 2. The smallest absolute Gasteiger partial charge is 0.146 e. The molecule has 1 aromatic heterocycles. The Labute approximate surface area is 251 Å². The second kappa shape index (κ2) is 9.98. The Morgan fingerprint density at radius 2 is 1.57 bits per heavy atom. The van der Waals surface area contributed by atoms with E-state index in [1.807, 2.05) is 0 Å². The topological polar surface area (TPSA) is 42.4 Å². The maximum Gasteiger partial charge on any atom is 0.146 e. The van der Waals surface area contributed by atoms with Gasteiger partial charge in [0.05, 0.1) is 25.3 Å². The number of carbonyl (C=O) groups excluding carboxylic acids is 1. The molecule has 2 bridgehead atoms. The predicted molar refractivity (Wildman–Crippen MR) is 169 cm³/mol. The van der Waals surface area contributed by atoms with E-state index in [1.54, 1.807) is 11.3 Å². The van der Waals surface area contributed by atoms with Crippen LogP contribution in [0.15, 0.2) is 96.4 Å². The molecule has 0 N–H and O–H groups in total. The first-order valence-electron chi connectivity index (χ1n) is 15.0. The standard InChI is InChI=1S/C37H34N2O2S/c1-36(33(40)21-34-38-32(22-42-34)27-14-8-10-25-9-2-3-11-26(25)27)23-37(24-39-17-19-41-20-18-39)30-15-6-4-12-28(30)35(36)29-13-5-7-16-31(29)37/h2-16,22,35H,17-21,23-24H2,1H3. The van der Waals surface area contributed by atoms with E-state index in [0.29, 0.717) is 12.2 Å². The van der Waals surface area contributed by atoms with Gasteiger partial charge in [0, 0.05) is 47.3 Å². The molecule has 1 saturated heterocycles. The Morgan fingerprint density at radius 3 is 2.33 bits per heavy atom. The number of ether oxygens (including phenoxy) is 1. The van der Waals surface area contributed by atoms with E-state index in [4.69, 9.17) is 9.72 Å². The van der Waals surface area contributed by atoms with E-state index >= 15 is 0 Å². The second-order valence-corrected chi connectivity index (χ2v) is 13.4. The molecule has 3 aliphatic carbocycles. The summed E-state index contributed by atoms with van der Waals surface area (Å²) in [6.45, 7) is 6.52. The average molecular weight is 571 g/mol. The van der Waals surface area contributed by atoms with Crippen LogP contribution >= 0.6 is 11.3 Å². The van der Waals surface area contributed by atoms with Gasteiger partial charge in [0.25, 0.3) is 0 Å². The molecular formula is C37H34N2O2S. The minimum Gasteiger partial charge on any atom is -0.379 e. The van der Waals surface area contributed by atoms with Gasteiger partial charge in [0.1, 0.15) is 10.8 Å². The summed E-state index contributed by atoms with van der Waals surface area (Å²) in [5.74, 6) is 0.336. The van der Waals surface area contributed by atoms with Crippen LogP contribution in [0.25, 0.3) is 22.0 Å². The van der Waals surface area contributed by atoms with Crippen LogP contribution in [0.3, 0.4) is 0 Å². The Kier molecular flexibility index (Phi) is 6.18. The van der Waals surface area contributed by atoms with Crippen molar-refractivity contribution in [2.24, 2.45) is 5.41 Å². The van der Waals surface area contributed by atoms with Crippen molar-refractivity contribution >= 4 is 27.9 Å². The van der Waals surface area contributed by atoms with E-state index < -0.39 is 5.41 Å². The molecule has 1 unspecified atom stereocenters. The van der Waals surface area contributed by atoms with Crippen molar-refractivity contribution in [3.05, 3.63) is 124 Å². The van der Waals surface area contributed by atoms with Crippen LogP contribution < -0.4 is 0 Å². The van der Waals surface area contributed by atoms with Crippen molar-refractivity contribution in [1.82, 2.24) is 9.88 Å². The third-order valence-electron chi connectivity index (χ3n) is 10.0. The number of ketones is 1. The Morgan fingerprint density at radius 1 is 0.905 bits per heavy atom. The highest BCUT2D eigenvalue weighted by Gasteiger charge is 2.60. The third kappa shape index (κ3) is 3.94. The van der Waals surface area contributed by atoms with E-state index in [9.17, 15) is 4.79 Å². The summed E-state index contributed by atoms with van der Waals surface area (Å²) in [4.78, 5) is 22.2. The number of morpholine rings is 1. The fraction of sp³-hybridized carbons (Fsp3) is 0.297. The molecule has 42 heavy (non-hydrogen) atoms. The van der Waals surface area contributed by atoms with Gasteiger partial charge < -0.3 is 4.74 Å². The predicted octanol–water partition coefficient (Wildman–Crippen LogP) is 7.25. The maximum absolute atomic E-state index is 14.6. The maximum atomic E-state index is 14.6. The molecule has 9 rings (SSSR count). The molecule has 5 aromatic rings. The molecule has 0 saturated carbocycles. The van der Waals surface area contributed by atoms with Crippen molar-refractivity contribution in [3.8, 4) is 11.3 Å². The Hall–Kier alpha value is -3.64. The van der Waals surface area contributed by atoms with Crippen LogP contribution in [0, 0.1) is 5.41 Å². The van der Waals surface area contributed by atoms with Crippen LogP contribution in [-0.2, 0) is 21.4 Å². The number of hydrogen-bond donors (Lipinski definition) is 0. The number of benzene rings is 4. The van der Waals surface area contributed by atoms with E-state index in [-0.39, 0.29) is 11.3 Å². The molecule has 0 radical (unpaired) electrons. The molecule has 1 atom stereocenters. The lowest BCUT2D eigenvalue weighted by Gasteiger charge is -2.58. The van der Waals surface area contributed by atoms with Crippen LogP contribution in [0.5, 0.6) is 0 Å². The van der Waals surface area contributed by atoms with Gasteiger partial charge in [-0.15, -0.1) is 11.3 Å². The van der Waals surface area contributed by atoms with Gasteiger partial charge in [-0.3, -0.25) is 9.69 Å². The van der Waals surface area contributed by atoms with Crippen molar-refractivity contribution in [2.45, 2.75) is 31.1 Å². The van der Waals surface area contributed by atoms with Gasteiger partial charge in [-0.25, -0.2) is 4.98 Å². The lowest BCUT2D eigenvalue weighted by molar-refractivity contribution is -0.130. The first-order valence-corrected chi connectivity index (χ1v) is 15.9. The zero-order valence-electron chi connectivity index (χ0n) is 23.9. The van der Waals surface area contributed by atoms with Crippen molar-refractivity contribution in [1.29, 1.82) is 0 Å². The molecule has 2 heterocycles. The fourth-order valence-electron chi connectivity index (χ4n) is 8.22. The van der Waals surface area contributed by atoms with Crippen LogP contribution in [-0.4, -0.2) is 48.5 Å². The molecule has 5 heteroatoms. The minimum atomic E-state index is -0.528. The monoisotopic (exact) mass is 570 g/mol. The van der Waals surface area contributed by atoms with Crippen molar-refractivity contribution in [2.75, 3.05) is 32.8 Å². The highest BCUT2D eigenvalue weighted by Crippen LogP contribution is 2.64. The van der Waals surface area contributed by atoms with Crippen LogP contribution in [0.1, 0.15) is 46.5 Å². The van der Waals surface area contributed by atoms with Crippen molar-refractivity contribution < 1.29 is 9.53 Å². The van der Waals surface area contributed by atoms with Crippen LogP contribution in [0.2, 0.25) is 0 Å². The number of hydrogen-bond acceptors (Lipinski definition) is 5. The van der Waals surface area contributed by atoms with E-state index in [0.717, 1.165) is 55.5 Å². The first kappa shape index (κ1) is 26.0. The average Bonchev–Trinajstić information content (AvgIpc) is 3.49. The summed E-state index contributed by atoms with van der Waals surface area (Å²) in [6.07, 6.45) is 1.18. The zero-order chi connectivity index (χ0) is 28.3. The molecule has 0 amide bonds. The van der Waals surface area contributed by atoms with Gasteiger partial charge in [-0.1, -0.05) is 97.9 Å². The lowest BCUT2D eigenvalue weighted by atomic mass is 9.45. The summed E-state index contributed by atoms with van der Waals surface area (Å²) < 4.78 is 5.71. The number of aromatic nitrogens is 1. The first-order chi connectivity index (χ1) is 20.6. The SMILES string of the molecule is CC1(C(=O)Cc2nc(-c3cccc4ccccc34)cs2)CC2(CN3CCOCC3)c3ccccc3C1c1ccccc12. The van der Waals surface area contributed by atoms with Gasteiger partial charge in [-0.05, 0) is 39.4 Å². The van der Waals surface area contributed by atoms with E-state index in [2.05, 4.69) is 108 Å². The summed E-state index contributed by atoms with van der Waals surface area (Å²) >= 11 is 1.61. The second-order valence-electron chi connectivity index (χ2n) is 12.4. The number of fused-ring (bicyclic) bond motifs is 2. The highest BCUT2D eigenvalue weighted by atomic mass is 32.1. The largest absolute Gasteiger partial charge is 0.379 e. The molecule has 4 aliphatic rings. The molecule has 210 valence electrons. The summed E-state index contributed by atoms with van der Waals surface area (Å²) in [5.41, 5.74) is 6.76. The van der Waals surface area contributed by atoms with Crippen molar-refractivity contribution in [3.63, 3.8) is 0 Å². The minimum absolute atomic E-state index is 0.0430. The lowest BCUT2D eigenvalue weighted by Crippen LogP contribution is -2.57. The van der Waals surface area contributed by atoms with Gasteiger partial charge in [0.2, 0.25) is 0 Å².